The molecule has 0 bridgehead atoms. The van der Waals surface area contributed by atoms with E-state index < -0.39 is 0 Å². The molecule has 18 heavy (non-hydrogen) atoms. The molecule has 0 aromatic carbocycles. The molecule has 0 radical (unpaired) electrons. The summed E-state index contributed by atoms with van der Waals surface area (Å²) in [6.45, 7) is 5.42. The Labute approximate surface area is 133 Å². The van der Waals surface area contributed by atoms with Crippen LogP contribution in [0.3, 0.4) is 0 Å². The van der Waals surface area contributed by atoms with Crippen molar-refractivity contribution >= 4 is 22.7 Å². The smallest absolute Gasteiger partial charge is 0.225 e. The molecule has 2 rings (SSSR count). The molecule has 3 nitrogen and oxygen atoms in total. The van der Waals surface area contributed by atoms with Gasteiger partial charge in [0.1, 0.15) is 0 Å². The second-order valence-electron chi connectivity index (χ2n) is 4.01. The van der Waals surface area contributed by atoms with Gasteiger partial charge in [0, 0.05) is 31.2 Å². The fourth-order valence-corrected chi connectivity index (χ4v) is 3.59. The van der Waals surface area contributed by atoms with Gasteiger partial charge in [-0.2, -0.15) is 4.57 Å². The minimum atomic E-state index is 0. The van der Waals surface area contributed by atoms with Gasteiger partial charge in [-0.05, 0) is 6.92 Å². The van der Waals surface area contributed by atoms with E-state index in [0.717, 1.165) is 25.1 Å². The summed E-state index contributed by atoms with van der Waals surface area (Å²) in [4.78, 5) is 6.92. The molecular weight excluding hydrogens is 379 g/mol. The number of hydrogen-bond donors (Lipinski definition) is 1. The molecular formula is C12H17IN2OS2. The number of nitrogens with zero attached hydrogens (tertiary/aromatic N) is 2. The van der Waals surface area contributed by atoms with Crippen molar-refractivity contribution in [2.75, 3.05) is 6.61 Å². The number of aryl methyl sites for hydroxylation is 3. The van der Waals surface area contributed by atoms with Crippen LogP contribution in [0.15, 0.2) is 11.0 Å². The van der Waals surface area contributed by atoms with E-state index in [4.69, 9.17) is 5.11 Å². The molecule has 0 spiro atoms. The van der Waals surface area contributed by atoms with Crippen LogP contribution >= 0.6 is 22.7 Å². The average Bonchev–Trinajstić information content (AvgIpc) is 2.86. The Balaban J connectivity index is 0.00000162. The van der Waals surface area contributed by atoms with Crippen LogP contribution in [0.25, 0.3) is 0 Å². The number of aromatic nitrogens is 2. The summed E-state index contributed by atoms with van der Waals surface area (Å²) in [5, 5.41) is 8.96. The minimum Gasteiger partial charge on any atom is -1.00 e. The number of halogens is 1. The summed E-state index contributed by atoms with van der Waals surface area (Å²) < 4.78 is 2.27. The van der Waals surface area contributed by atoms with Crippen molar-refractivity contribution in [1.29, 1.82) is 0 Å². The molecule has 0 saturated carbocycles. The largest absolute Gasteiger partial charge is 1.00 e. The van der Waals surface area contributed by atoms with Gasteiger partial charge in [0.05, 0.1) is 16.1 Å². The number of rotatable bonds is 5. The highest BCUT2D eigenvalue weighted by Crippen LogP contribution is 2.14. The first-order valence-electron chi connectivity index (χ1n) is 5.68. The lowest BCUT2D eigenvalue weighted by atomic mass is 10.2. The molecule has 0 aliphatic heterocycles. The lowest BCUT2D eigenvalue weighted by Gasteiger charge is -1.96. The normalized spacial score (nSPS) is 10.4. The summed E-state index contributed by atoms with van der Waals surface area (Å²) in [7, 11) is 0. The monoisotopic (exact) mass is 396 g/mol. The highest BCUT2D eigenvalue weighted by Gasteiger charge is 2.15. The summed E-state index contributed by atoms with van der Waals surface area (Å²) in [5.74, 6) is 0. The molecule has 1 N–H and O–H groups in total. The van der Waals surface area contributed by atoms with Gasteiger partial charge in [0.25, 0.3) is 0 Å². The Hall–Kier alpha value is -0.0500. The molecule has 100 valence electrons. The maximum absolute atomic E-state index is 8.96. The van der Waals surface area contributed by atoms with Crippen LogP contribution in [0.4, 0.5) is 0 Å². The summed E-state index contributed by atoms with van der Waals surface area (Å²) in [6, 6.07) is 0. The van der Waals surface area contributed by atoms with Gasteiger partial charge in [-0.15, -0.1) is 11.3 Å². The van der Waals surface area contributed by atoms with E-state index in [1.54, 1.807) is 22.7 Å². The molecule has 0 amide bonds. The predicted octanol–water partition coefficient (Wildman–Crippen LogP) is -1.11. The molecule has 6 heteroatoms. The zero-order valence-electron chi connectivity index (χ0n) is 10.5. The number of thiazole rings is 2. The lowest BCUT2D eigenvalue weighted by Crippen LogP contribution is -3.00. The van der Waals surface area contributed by atoms with Crippen molar-refractivity contribution in [1.82, 2.24) is 4.98 Å². The van der Waals surface area contributed by atoms with Gasteiger partial charge in [-0.25, -0.2) is 4.98 Å². The molecule has 2 heterocycles. The molecule has 2 aromatic heterocycles. The van der Waals surface area contributed by atoms with Gasteiger partial charge >= 0.3 is 0 Å². The van der Waals surface area contributed by atoms with Crippen LogP contribution in [0.2, 0.25) is 0 Å². The highest BCUT2D eigenvalue weighted by molar-refractivity contribution is 7.09. The Kier molecular flexibility index (Phi) is 6.68. The lowest BCUT2D eigenvalue weighted by molar-refractivity contribution is -0.697. The number of aliphatic hydroxyl groups is 1. The third-order valence-corrected chi connectivity index (χ3v) is 5.06. The van der Waals surface area contributed by atoms with E-state index in [0.29, 0.717) is 0 Å². The molecule has 0 aliphatic carbocycles. The molecule has 0 atom stereocenters. The SMILES string of the molecule is Cc1ncsc1CC[n+]1csc(CCO)c1C.[I-]. The van der Waals surface area contributed by atoms with E-state index in [9.17, 15) is 0 Å². The quantitative estimate of drug-likeness (QED) is 0.514. The summed E-state index contributed by atoms with van der Waals surface area (Å²) in [6.07, 6.45) is 1.81. The molecule has 0 unspecified atom stereocenters. The first-order chi connectivity index (χ1) is 8.22. The van der Waals surface area contributed by atoms with E-state index >= 15 is 0 Å². The first-order valence-corrected chi connectivity index (χ1v) is 7.44. The Morgan fingerprint density at radius 3 is 2.61 bits per heavy atom. The maximum Gasteiger partial charge on any atom is 0.225 e. The first kappa shape index (κ1) is 16.0. The van der Waals surface area contributed by atoms with Crippen LogP contribution < -0.4 is 28.5 Å². The highest BCUT2D eigenvalue weighted by atomic mass is 127. The van der Waals surface area contributed by atoms with Crippen molar-refractivity contribution < 1.29 is 33.7 Å². The van der Waals surface area contributed by atoms with Crippen molar-refractivity contribution in [2.24, 2.45) is 0 Å². The summed E-state index contributed by atoms with van der Waals surface area (Å²) in [5.41, 5.74) is 6.49. The topological polar surface area (TPSA) is 37.0 Å². The van der Waals surface area contributed by atoms with Crippen molar-refractivity contribution in [2.45, 2.75) is 33.2 Å². The van der Waals surface area contributed by atoms with Gasteiger partial charge in [0.2, 0.25) is 5.51 Å². The fourth-order valence-electron chi connectivity index (χ4n) is 1.80. The van der Waals surface area contributed by atoms with Crippen LogP contribution in [-0.2, 0) is 19.4 Å². The van der Waals surface area contributed by atoms with Gasteiger partial charge < -0.3 is 29.1 Å². The number of aliphatic hydroxyl groups excluding tert-OH is 1. The maximum atomic E-state index is 8.96. The van der Waals surface area contributed by atoms with E-state index in [2.05, 4.69) is 28.9 Å². The van der Waals surface area contributed by atoms with Gasteiger partial charge in [0.15, 0.2) is 12.2 Å². The average molecular weight is 396 g/mol. The second-order valence-corrected chi connectivity index (χ2v) is 5.89. The molecule has 0 aliphatic rings. The molecule has 2 aromatic rings. The standard InChI is InChI=1S/C12H17N2OS2.HI/c1-9-11(16-7-13-9)3-5-14-8-17-12(4-6-15)10(14)2;/h7-8,15H,3-6H2,1-2H3;1H/q+1;/p-1. The van der Waals surface area contributed by atoms with Crippen LogP contribution in [0.1, 0.15) is 21.1 Å². The Bertz CT molecular complexity index is 496. The Morgan fingerprint density at radius 1 is 1.22 bits per heavy atom. The van der Waals surface area contributed by atoms with Crippen molar-refractivity contribution in [3.8, 4) is 0 Å². The summed E-state index contributed by atoms with van der Waals surface area (Å²) >= 11 is 3.46. The predicted molar refractivity (Wildman–Crippen MR) is 70.6 cm³/mol. The Morgan fingerprint density at radius 2 is 2.00 bits per heavy atom. The minimum absolute atomic E-state index is 0. The zero-order valence-corrected chi connectivity index (χ0v) is 14.3. The molecule has 0 fully saturated rings. The van der Waals surface area contributed by atoms with Gasteiger partial charge in [-0.3, -0.25) is 0 Å². The second kappa shape index (κ2) is 7.52. The third-order valence-electron chi connectivity index (χ3n) is 2.92. The van der Waals surface area contributed by atoms with Crippen LogP contribution in [-0.4, -0.2) is 16.7 Å². The van der Waals surface area contributed by atoms with Gasteiger partial charge in [-0.1, -0.05) is 11.3 Å². The van der Waals surface area contributed by atoms with E-state index in [1.165, 1.54) is 15.4 Å². The van der Waals surface area contributed by atoms with Crippen molar-refractivity contribution in [3.63, 3.8) is 0 Å². The fraction of sp³-hybridized carbons (Fsp3) is 0.500. The third kappa shape index (κ3) is 3.72. The van der Waals surface area contributed by atoms with E-state index in [-0.39, 0.29) is 30.6 Å². The van der Waals surface area contributed by atoms with Crippen LogP contribution in [0.5, 0.6) is 0 Å². The zero-order chi connectivity index (χ0) is 12.3. The van der Waals surface area contributed by atoms with Crippen molar-refractivity contribution in [3.05, 3.63) is 32.2 Å². The number of hydrogen-bond acceptors (Lipinski definition) is 4. The molecule has 0 saturated heterocycles. The van der Waals surface area contributed by atoms with E-state index in [1.807, 2.05) is 5.51 Å². The van der Waals surface area contributed by atoms with Crippen LogP contribution in [0, 0.1) is 13.8 Å².